The number of hydrogen-bond donors (Lipinski definition) is 0. The zero-order chi connectivity index (χ0) is 9.26. The van der Waals surface area contributed by atoms with Crippen LogP contribution in [0.5, 0.6) is 0 Å². The molecule has 0 atom stereocenters. The topological polar surface area (TPSA) is 29.9 Å². The van der Waals surface area contributed by atoms with E-state index < -0.39 is 0 Å². The lowest BCUT2D eigenvalue weighted by molar-refractivity contribution is -0.588. The molecule has 0 aromatic carbocycles. The molecule has 0 saturated heterocycles. The molecule has 2 heterocycles. The lowest BCUT2D eigenvalue weighted by Gasteiger charge is -2.02. The normalized spacial score (nSPS) is 10.5. The van der Waals surface area contributed by atoms with Crippen molar-refractivity contribution in [1.82, 2.24) is 10.1 Å². The van der Waals surface area contributed by atoms with Crippen LogP contribution in [0.4, 0.5) is 0 Å². The molecule has 0 fully saturated rings. The molecule has 0 unspecified atom stereocenters. The highest BCUT2D eigenvalue weighted by Crippen LogP contribution is 2.08. The van der Waals surface area contributed by atoms with Crippen LogP contribution in [0.1, 0.15) is 0 Å². The molecule has 2 rings (SSSR count). The Morgan fingerprint density at radius 3 is 3.08 bits per heavy atom. The summed E-state index contributed by atoms with van der Waals surface area (Å²) in [5.41, 5.74) is 0.871. The molecule has 0 amide bonds. The molecule has 66 valence electrons. The SMILES string of the molecule is CSc1nc([S-])c2cccc[n+]2n1. The van der Waals surface area contributed by atoms with Crippen molar-refractivity contribution in [2.24, 2.45) is 0 Å². The maximum absolute atomic E-state index is 5.12. The Morgan fingerprint density at radius 1 is 1.46 bits per heavy atom. The quantitative estimate of drug-likeness (QED) is 0.395. The Bertz CT molecular complexity index is 444. The molecule has 0 aliphatic carbocycles. The van der Waals surface area contributed by atoms with Crippen LogP contribution in [0.2, 0.25) is 0 Å². The van der Waals surface area contributed by atoms with Gasteiger partial charge in [-0.2, -0.15) is 0 Å². The Balaban J connectivity index is 2.77. The maximum atomic E-state index is 5.12. The first-order valence-electron chi connectivity index (χ1n) is 3.71. The number of thioether (sulfide) groups is 1. The lowest BCUT2D eigenvalue weighted by Crippen LogP contribution is -2.28. The highest BCUT2D eigenvalue weighted by molar-refractivity contribution is 7.98. The van der Waals surface area contributed by atoms with Gasteiger partial charge in [-0.15, -0.1) is 0 Å². The van der Waals surface area contributed by atoms with Crippen molar-refractivity contribution in [1.29, 1.82) is 0 Å². The van der Waals surface area contributed by atoms with Crippen molar-refractivity contribution in [3.8, 4) is 0 Å². The summed E-state index contributed by atoms with van der Waals surface area (Å²) in [6, 6.07) is 5.75. The number of hydrogen-bond acceptors (Lipinski definition) is 4. The van der Waals surface area contributed by atoms with Crippen LogP contribution in [0.15, 0.2) is 34.6 Å². The Morgan fingerprint density at radius 2 is 2.31 bits per heavy atom. The van der Waals surface area contributed by atoms with E-state index in [1.807, 2.05) is 30.7 Å². The largest absolute Gasteiger partial charge is 0.754 e. The number of nitrogens with zero attached hydrogens (tertiary/aromatic N) is 3. The Kier molecular flexibility index (Phi) is 2.28. The van der Waals surface area contributed by atoms with Gasteiger partial charge in [0, 0.05) is 17.2 Å². The standard InChI is InChI=1S/C8H7N3S2/c1-13-8-9-7(12)6-4-2-3-5-11(6)10-8/h2-5H,1H3. The molecule has 0 saturated carbocycles. The second-order valence-electron chi connectivity index (χ2n) is 2.43. The molecule has 13 heavy (non-hydrogen) atoms. The third kappa shape index (κ3) is 1.57. The fraction of sp³-hybridized carbons (Fsp3) is 0.125. The molecule has 0 N–H and O–H groups in total. The molecule has 3 nitrogen and oxygen atoms in total. The Labute approximate surface area is 85.6 Å². The Hall–Kier alpha value is -0.940. The van der Waals surface area contributed by atoms with Crippen molar-refractivity contribution in [2.45, 2.75) is 10.2 Å². The van der Waals surface area contributed by atoms with Crippen molar-refractivity contribution in [3.63, 3.8) is 0 Å². The first-order chi connectivity index (χ1) is 6.31. The van der Waals surface area contributed by atoms with E-state index in [9.17, 15) is 0 Å². The van der Waals surface area contributed by atoms with E-state index in [4.69, 9.17) is 12.6 Å². The molecule has 0 bridgehead atoms. The van der Waals surface area contributed by atoms with Gasteiger partial charge in [0.2, 0.25) is 11.7 Å². The van der Waals surface area contributed by atoms with Gasteiger partial charge in [-0.3, -0.25) is 0 Å². The van der Waals surface area contributed by atoms with E-state index in [2.05, 4.69) is 10.1 Å². The van der Waals surface area contributed by atoms with E-state index in [1.165, 1.54) is 11.8 Å². The van der Waals surface area contributed by atoms with Crippen LogP contribution in [-0.4, -0.2) is 16.3 Å². The van der Waals surface area contributed by atoms with Crippen LogP contribution < -0.4 is 4.52 Å². The van der Waals surface area contributed by atoms with Crippen LogP contribution in [-0.2, 0) is 12.6 Å². The monoisotopic (exact) mass is 209 g/mol. The maximum Gasteiger partial charge on any atom is 0.253 e. The van der Waals surface area contributed by atoms with Gasteiger partial charge in [0.15, 0.2) is 0 Å². The average Bonchev–Trinajstić information content (AvgIpc) is 2.18. The van der Waals surface area contributed by atoms with Crippen LogP contribution in [0.25, 0.3) is 5.52 Å². The summed E-state index contributed by atoms with van der Waals surface area (Å²) in [7, 11) is 0. The number of pyridine rings is 1. The summed E-state index contributed by atoms with van der Waals surface area (Å²) in [5.74, 6) is 0. The summed E-state index contributed by atoms with van der Waals surface area (Å²) in [6.07, 6.45) is 3.80. The van der Waals surface area contributed by atoms with E-state index in [1.54, 1.807) is 4.52 Å². The van der Waals surface area contributed by atoms with Crippen molar-refractivity contribution in [3.05, 3.63) is 24.4 Å². The molecular weight excluding hydrogens is 202 g/mol. The van der Waals surface area contributed by atoms with Gasteiger partial charge in [-0.05, 0) is 21.9 Å². The summed E-state index contributed by atoms with van der Waals surface area (Å²) in [5, 5.41) is 5.56. The molecule has 0 aliphatic rings. The third-order valence-electron chi connectivity index (χ3n) is 1.63. The summed E-state index contributed by atoms with van der Waals surface area (Å²) in [6.45, 7) is 0. The van der Waals surface area contributed by atoms with Gasteiger partial charge in [0.25, 0.3) is 5.16 Å². The zero-order valence-corrected chi connectivity index (χ0v) is 8.60. The smallest absolute Gasteiger partial charge is 0.253 e. The minimum Gasteiger partial charge on any atom is -0.754 e. The predicted octanol–water partition coefficient (Wildman–Crippen LogP) is 0.843. The van der Waals surface area contributed by atoms with Gasteiger partial charge in [0.1, 0.15) is 0 Å². The minimum absolute atomic E-state index is 0.597. The highest BCUT2D eigenvalue weighted by atomic mass is 32.2. The van der Waals surface area contributed by atoms with Gasteiger partial charge >= 0.3 is 0 Å². The number of aromatic nitrogens is 3. The van der Waals surface area contributed by atoms with E-state index in [0.717, 1.165) is 5.52 Å². The number of fused-ring (bicyclic) bond motifs is 1. The van der Waals surface area contributed by atoms with Crippen molar-refractivity contribution < 1.29 is 4.52 Å². The van der Waals surface area contributed by atoms with Crippen LogP contribution in [0, 0.1) is 0 Å². The fourth-order valence-corrected chi connectivity index (χ4v) is 1.69. The zero-order valence-electron chi connectivity index (χ0n) is 6.97. The number of rotatable bonds is 1. The van der Waals surface area contributed by atoms with Crippen LogP contribution in [0.3, 0.4) is 0 Å². The summed E-state index contributed by atoms with van der Waals surface area (Å²) >= 11 is 6.61. The van der Waals surface area contributed by atoms with Gasteiger partial charge in [-0.25, -0.2) is 4.98 Å². The molecule has 2 aromatic rings. The van der Waals surface area contributed by atoms with Crippen molar-refractivity contribution in [2.75, 3.05) is 6.26 Å². The molecule has 2 aromatic heterocycles. The highest BCUT2D eigenvalue weighted by Gasteiger charge is 2.05. The van der Waals surface area contributed by atoms with E-state index in [0.29, 0.717) is 10.2 Å². The second kappa shape index (κ2) is 3.43. The first kappa shape index (κ1) is 8.65. The first-order valence-corrected chi connectivity index (χ1v) is 5.34. The predicted molar refractivity (Wildman–Crippen MR) is 52.6 cm³/mol. The molecule has 0 spiro atoms. The van der Waals surface area contributed by atoms with Gasteiger partial charge < -0.3 is 12.6 Å². The van der Waals surface area contributed by atoms with Crippen LogP contribution >= 0.6 is 11.8 Å². The van der Waals surface area contributed by atoms with Crippen molar-refractivity contribution >= 4 is 29.9 Å². The molecule has 0 aliphatic heterocycles. The fourth-order valence-electron chi connectivity index (χ4n) is 1.04. The molecule has 5 heteroatoms. The molecular formula is C8H7N3S2. The van der Waals surface area contributed by atoms with Gasteiger partial charge in [-0.1, -0.05) is 11.8 Å². The van der Waals surface area contributed by atoms with E-state index in [-0.39, 0.29) is 0 Å². The van der Waals surface area contributed by atoms with E-state index >= 15 is 0 Å². The summed E-state index contributed by atoms with van der Waals surface area (Å²) < 4.78 is 1.75. The lowest BCUT2D eigenvalue weighted by atomic mass is 10.4. The van der Waals surface area contributed by atoms with Gasteiger partial charge in [0.05, 0.1) is 0 Å². The second-order valence-corrected chi connectivity index (χ2v) is 3.59. The molecule has 0 radical (unpaired) electrons. The minimum atomic E-state index is 0.597. The average molecular weight is 209 g/mol. The third-order valence-corrected chi connectivity index (χ3v) is 2.47. The summed E-state index contributed by atoms with van der Waals surface area (Å²) in [4.78, 5) is 4.17.